The van der Waals surface area contributed by atoms with Gasteiger partial charge in [0.15, 0.2) is 4.60 Å². The summed E-state index contributed by atoms with van der Waals surface area (Å²) in [4.78, 5) is 0. The molecule has 20 heavy (non-hydrogen) atoms. The number of fused-ring (bicyclic) bond motifs is 1. The van der Waals surface area contributed by atoms with E-state index >= 15 is 0 Å². The minimum absolute atomic E-state index is 0.586. The number of hydrogen-bond donors (Lipinski definition) is 1. The Bertz CT molecular complexity index is 629. The van der Waals surface area contributed by atoms with Crippen LogP contribution < -0.4 is 0 Å². The molecule has 3 rings (SSSR count). The molecule has 5 heteroatoms. The SMILES string of the molecule is Cn1nnc(Br)c1C(C)(O)c1ccc2c(c1)CCCC2. The summed E-state index contributed by atoms with van der Waals surface area (Å²) in [5, 5.41) is 18.9. The first-order chi connectivity index (χ1) is 9.50. The van der Waals surface area contributed by atoms with Crippen LogP contribution in [0.15, 0.2) is 22.8 Å². The Balaban J connectivity index is 2.07. The molecule has 0 amide bonds. The molecule has 0 bridgehead atoms. The van der Waals surface area contributed by atoms with E-state index in [-0.39, 0.29) is 0 Å². The van der Waals surface area contributed by atoms with Crippen LogP contribution in [0.1, 0.15) is 42.1 Å². The number of aliphatic hydroxyl groups is 1. The summed E-state index contributed by atoms with van der Waals surface area (Å²) in [6.07, 6.45) is 4.74. The van der Waals surface area contributed by atoms with Crippen molar-refractivity contribution in [2.45, 2.75) is 38.2 Å². The van der Waals surface area contributed by atoms with Crippen molar-refractivity contribution in [2.24, 2.45) is 7.05 Å². The molecular weight excluding hydrogens is 318 g/mol. The number of halogens is 1. The largest absolute Gasteiger partial charge is 0.379 e. The Kier molecular flexibility index (Phi) is 3.42. The van der Waals surface area contributed by atoms with Gasteiger partial charge in [-0.3, -0.25) is 0 Å². The van der Waals surface area contributed by atoms with Gasteiger partial charge in [0.2, 0.25) is 0 Å². The normalized spacial score (nSPS) is 17.6. The van der Waals surface area contributed by atoms with Crippen molar-refractivity contribution in [1.82, 2.24) is 15.0 Å². The molecule has 1 N–H and O–H groups in total. The standard InChI is InChI=1S/C15H18BrN3O/c1-15(20,13-14(16)17-18-19(13)2)12-8-7-10-5-3-4-6-11(10)9-12/h7-9,20H,3-6H2,1-2H3. The van der Waals surface area contributed by atoms with Gasteiger partial charge >= 0.3 is 0 Å². The summed E-state index contributed by atoms with van der Waals surface area (Å²) in [7, 11) is 1.79. The lowest BCUT2D eigenvalue weighted by Gasteiger charge is -2.26. The predicted octanol–water partition coefficient (Wildman–Crippen LogP) is 2.71. The zero-order valence-corrected chi connectivity index (χ0v) is 13.3. The van der Waals surface area contributed by atoms with Gasteiger partial charge in [0.05, 0.1) is 0 Å². The molecule has 1 aromatic carbocycles. The average molecular weight is 336 g/mol. The van der Waals surface area contributed by atoms with E-state index in [1.165, 1.54) is 24.0 Å². The molecule has 1 aliphatic carbocycles. The average Bonchev–Trinajstić information content (AvgIpc) is 2.78. The summed E-state index contributed by atoms with van der Waals surface area (Å²) in [5.41, 5.74) is 3.24. The predicted molar refractivity (Wildman–Crippen MR) is 80.5 cm³/mol. The fourth-order valence-corrected chi connectivity index (χ4v) is 3.73. The van der Waals surface area contributed by atoms with Crippen LogP contribution in [0.25, 0.3) is 0 Å². The van der Waals surface area contributed by atoms with Crippen LogP contribution in [0.2, 0.25) is 0 Å². The quantitative estimate of drug-likeness (QED) is 0.917. The Morgan fingerprint density at radius 1 is 1.25 bits per heavy atom. The fraction of sp³-hybridized carbons (Fsp3) is 0.467. The van der Waals surface area contributed by atoms with E-state index in [0.29, 0.717) is 10.3 Å². The van der Waals surface area contributed by atoms with E-state index in [0.717, 1.165) is 18.4 Å². The highest BCUT2D eigenvalue weighted by Gasteiger charge is 2.33. The Labute approximate surface area is 126 Å². The minimum Gasteiger partial charge on any atom is -0.379 e. The molecule has 0 saturated carbocycles. The van der Waals surface area contributed by atoms with Crippen LogP contribution in [-0.4, -0.2) is 20.1 Å². The summed E-state index contributed by atoms with van der Waals surface area (Å²) in [6, 6.07) is 6.30. The van der Waals surface area contributed by atoms with Gasteiger partial charge in [-0.1, -0.05) is 23.4 Å². The molecule has 0 saturated heterocycles. The van der Waals surface area contributed by atoms with Gasteiger partial charge in [-0.15, -0.1) is 5.10 Å². The van der Waals surface area contributed by atoms with Gasteiger partial charge in [-0.05, 0) is 65.2 Å². The second kappa shape index (κ2) is 4.97. The Morgan fingerprint density at radius 3 is 2.60 bits per heavy atom. The second-order valence-electron chi connectivity index (χ2n) is 5.62. The molecule has 2 aromatic rings. The van der Waals surface area contributed by atoms with Gasteiger partial charge in [0.1, 0.15) is 11.3 Å². The number of rotatable bonds is 2. The van der Waals surface area contributed by atoms with Crippen molar-refractivity contribution < 1.29 is 5.11 Å². The first-order valence-corrected chi connectivity index (χ1v) is 7.70. The van der Waals surface area contributed by atoms with Crippen molar-refractivity contribution in [3.8, 4) is 0 Å². The van der Waals surface area contributed by atoms with Crippen molar-refractivity contribution in [3.63, 3.8) is 0 Å². The maximum Gasteiger partial charge on any atom is 0.154 e. The lowest BCUT2D eigenvalue weighted by molar-refractivity contribution is 0.0920. The van der Waals surface area contributed by atoms with E-state index in [2.05, 4.69) is 38.4 Å². The van der Waals surface area contributed by atoms with Gasteiger partial charge in [0.25, 0.3) is 0 Å². The van der Waals surface area contributed by atoms with Crippen molar-refractivity contribution in [1.29, 1.82) is 0 Å². The number of hydrogen-bond acceptors (Lipinski definition) is 3. The summed E-state index contributed by atoms with van der Waals surface area (Å²) < 4.78 is 2.20. The fourth-order valence-electron chi connectivity index (χ4n) is 3.02. The van der Waals surface area contributed by atoms with Crippen LogP contribution in [-0.2, 0) is 25.5 Å². The van der Waals surface area contributed by atoms with Crippen molar-refractivity contribution in [3.05, 3.63) is 45.2 Å². The van der Waals surface area contributed by atoms with Gasteiger partial charge in [-0.2, -0.15) is 0 Å². The molecule has 1 atom stereocenters. The smallest absolute Gasteiger partial charge is 0.154 e. The van der Waals surface area contributed by atoms with Crippen LogP contribution in [0.3, 0.4) is 0 Å². The van der Waals surface area contributed by atoms with Crippen molar-refractivity contribution >= 4 is 15.9 Å². The molecule has 0 aliphatic heterocycles. The monoisotopic (exact) mass is 335 g/mol. The number of aromatic nitrogens is 3. The summed E-state index contributed by atoms with van der Waals surface area (Å²) >= 11 is 3.37. The second-order valence-corrected chi connectivity index (χ2v) is 6.37. The molecule has 1 unspecified atom stereocenters. The maximum absolute atomic E-state index is 11.0. The van der Waals surface area contributed by atoms with Crippen LogP contribution >= 0.6 is 15.9 Å². The summed E-state index contributed by atoms with van der Waals surface area (Å²) in [6.45, 7) is 1.79. The molecule has 106 valence electrons. The number of nitrogens with zero attached hydrogens (tertiary/aromatic N) is 3. The zero-order valence-electron chi connectivity index (χ0n) is 11.7. The zero-order chi connectivity index (χ0) is 14.3. The van der Waals surface area contributed by atoms with Crippen LogP contribution in [0.5, 0.6) is 0 Å². The third-order valence-corrected chi connectivity index (χ3v) is 4.69. The molecule has 0 radical (unpaired) electrons. The Morgan fingerprint density at radius 2 is 1.95 bits per heavy atom. The van der Waals surface area contributed by atoms with E-state index in [1.807, 2.05) is 6.07 Å². The molecular formula is C15H18BrN3O. The molecule has 4 nitrogen and oxygen atoms in total. The van der Waals surface area contributed by atoms with Gasteiger partial charge < -0.3 is 5.11 Å². The number of benzene rings is 1. The van der Waals surface area contributed by atoms with Gasteiger partial charge in [-0.25, -0.2) is 4.68 Å². The highest BCUT2D eigenvalue weighted by molar-refractivity contribution is 9.10. The lowest BCUT2D eigenvalue weighted by atomic mass is 9.85. The van der Waals surface area contributed by atoms with E-state index in [4.69, 9.17) is 0 Å². The third kappa shape index (κ3) is 2.19. The van der Waals surface area contributed by atoms with Crippen LogP contribution in [0.4, 0.5) is 0 Å². The van der Waals surface area contributed by atoms with E-state index in [9.17, 15) is 5.11 Å². The lowest BCUT2D eigenvalue weighted by Crippen LogP contribution is -2.27. The molecule has 1 aromatic heterocycles. The first-order valence-electron chi connectivity index (χ1n) is 6.90. The third-order valence-electron chi connectivity index (χ3n) is 4.16. The molecule has 1 heterocycles. The minimum atomic E-state index is -1.11. The summed E-state index contributed by atoms with van der Waals surface area (Å²) in [5.74, 6) is 0. The molecule has 1 aliphatic rings. The van der Waals surface area contributed by atoms with E-state index in [1.54, 1.807) is 18.7 Å². The van der Waals surface area contributed by atoms with Crippen LogP contribution in [0, 0.1) is 0 Å². The Hall–Kier alpha value is -1.20. The maximum atomic E-state index is 11.0. The highest BCUT2D eigenvalue weighted by Crippen LogP contribution is 2.34. The number of aryl methyl sites for hydroxylation is 3. The van der Waals surface area contributed by atoms with Gasteiger partial charge in [0, 0.05) is 7.05 Å². The highest BCUT2D eigenvalue weighted by atomic mass is 79.9. The van der Waals surface area contributed by atoms with E-state index < -0.39 is 5.60 Å². The molecule has 0 fully saturated rings. The topological polar surface area (TPSA) is 50.9 Å². The molecule has 0 spiro atoms. The first kappa shape index (κ1) is 13.8. The van der Waals surface area contributed by atoms with Crippen molar-refractivity contribution in [2.75, 3.05) is 0 Å².